The molecule has 6 heteroatoms. The van der Waals surface area contributed by atoms with Crippen LogP contribution in [0, 0.1) is 4.64 Å². The molecule has 0 bridgehead atoms. The molecule has 1 saturated heterocycles. The molecule has 1 N–H and O–H groups in total. The second-order valence-corrected chi connectivity index (χ2v) is 7.16. The number of nitrogens with zero attached hydrogens (tertiary/aromatic N) is 3. The van der Waals surface area contributed by atoms with Crippen molar-refractivity contribution in [3.05, 3.63) is 59.0 Å². The Labute approximate surface area is 171 Å². The molecule has 4 rings (SSSR count). The van der Waals surface area contributed by atoms with Crippen LogP contribution in [0.5, 0.6) is 0 Å². The Hall–Kier alpha value is -2.47. The van der Waals surface area contributed by atoms with Crippen LogP contribution < -0.4 is 0 Å². The zero-order valence-electron chi connectivity index (χ0n) is 16.6. The van der Waals surface area contributed by atoms with Crippen LogP contribution in [0.4, 0.5) is 0 Å². The molecular weight excluding hydrogens is 368 g/mol. The highest BCUT2D eigenvalue weighted by molar-refractivity contribution is 7.71. The second-order valence-electron chi connectivity index (χ2n) is 6.78. The van der Waals surface area contributed by atoms with E-state index < -0.39 is 6.04 Å². The van der Waals surface area contributed by atoms with Gasteiger partial charge in [-0.1, -0.05) is 69.2 Å². The molecule has 1 aliphatic heterocycles. The first kappa shape index (κ1) is 20.3. The molecule has 3 heterocycles. The van der Waals surface area contributed by atoms with Crippen molar-refractivity contribution in [2.24, 2.45) is 0 Å². The van der Waals surface area contributed by atoms with E-state index in [-0.39, 0.29) is 5.91 Å². The fourth-order valence-electron chi connectivity index (χ4n) is 3.68. The molecule has 2 aromatic heterocycles. The van der Waals surface area contributed by atoms with Crippen LogP contribution in [0.3, 0.4) is 0 Å². The predicted molar refractivity (Wildman–Crippen MR) is 116 cm³/mol. The first-order chi connectivity index (χ1) is 13.8. The number of carbonyl (C=O) groups is 1. The van der Waals surface area contributed by atoms with Crippen molar-refractivity contribution < 1.29 is 4.79 Å². The van der Waals surface area contributed by atoms with Crippen molar-refractivity contribution in [2.75, 3.05) is 13.1 Å². The minimum atomic E-state index is -0.443. The highest BCUT2D eigenvalue weighted by Gasteiger charge is 2.28. The Morgan fingerprint density at radius 2 is 1.75 bits per heavy atom. The molecule has 1 amide bonds. The zero-order chi connectivity index (χ0) is 19.9. The predicted octanol–water partition coefficient (Wildman–Crippen LogP) is 5.11. The van der Waals surface area contributed by atoms with E-state index >= 15 is 0 Å². The number of aromatic nitrogens is 3. The van der Waals surface area contributed by atoms with Crippen molar-refractivity contribution in [1.82, 2.24) is 19.7 Å². The average molecular weight is 397 g/mol. The monoisotopic (exact) mass is 396 g/mol. The van der Waals surface area contributed by atoms with Gasteiger partial charge in [0.2, 0.25) is 5.91 Å². The van der Waals surface area contributed by atoms with Crippen LogP contribution in [0.15, 0.2) is 48.8 Å². The summed E-state index contributed by atoms with van der Waals surface area (Å²) in [5.74, 6) is 0.122. The molecule has 3 aromatic rings. The molecule has 0 spiro atoms. The zero-order valence-corrected chi connectivity index (χ0v) is 17.4. The van der Waals surface area contributed by atoms with Gasteiger partial charge in [0.05, 0.1) is 17.1 Å². The lowest BCUT2D eigenvalue weighted by Gasteiger charge is -2.28. The van der Waals surface area contributed by atoms with E-state index in [1.165, 1.54) is 12.8 Å². The van der Waals surface area contributed by atoms with Crippen LogP contribution in [-0.4, -0.2) is 38.7 Å². The van der Waals surface area contributed by atoms with Crippen molar-refractivity contribution in [2.45, 2.75) is 45.6 Å². The lowest BCUT2D eigenvalue weighted by Crippen LogP contribution is -2.38. The number of aromatic amines is 1. The van der Waals surface area contributed by atoms with Crippen LogP contribution in [-0.2, 0) is 4.79 Å². The van der Waals surface area contributed by atoms with E-state index in [0.29, 0.717) is 4.64 Å². The van der Waals surface area contributed by atoms with E-state index in [9.17, 15) is 4.79 Å². The van der Waals surface area contributed by atoms with Crippen molar-refractivity contribution in [1.29, 1.82) is 0 Å². The number of benzene rings is 1. The molecule has 1 unspecified atom stereocenters. The summed E-state index contributed by atoms with van der Waals surface area (Å²) >= 11 is 5.70. The van der Waals surface area contributed by atoms with E-state index in [1.807, 2.05) is 65.9 Å². The number of hydrogen-bond acceptors (Lipinski definition) is 3. The molecule has 28 heavy (non-hydrogen) atoms. The van der Waals surface area contributed by atoms with E-state index in [4.69, 9.17) is 12.2 Å². The number of rotatable bonds is 3. The molecule has 1 aromatic carbocycles. The third kappa shape index (κ3) is 4.17. The molecule has 1 fully saturated rings. The van der Waals surface area contributed by atoms with Gasteiger partial charge in [-0.25, -0.2) is 0 Å². The van der Waals surface area contributed by atoms with E-state index in [0.717, 1.165) is 42.4 Å². The average Bonchev–Trinajstić information content (AvgIpc) is 3.06. The molecule has 0 radical (unpaired) electrons. The third-order valence-electron chi connectivity index (χ3n) is 5.08. The lowest BCUT2D eigenvalue weighted by molar-refractivity contribution is -0.133. The summed E-state index contributed by atoms with van der Waals surface area (Å²) in [5, 5.41) is 7.89. The van der Waals surface area contributed by atoms with Gasteiger partial charge in [-0.05, 0) is 24.5 Å². The van der Waals surface area contributed by atoms with Crippen LogP contribution in [0.1, 0.15) is 51.1 Å². The maximum Gasteiger partial charge on any atom is 0.250 e. The Kier molecular flexibility index (Phi) is 6.98. The number of amides is 1. The highest BCUT2D eigenvalue weighted by Crippen LogP contribution is 2.25. The molecule has 0 aliphatic carbocycles. The first-order valence-corrected chi connectivity index (χ1v) is 10.5. The van der Waals surface area contributed by atoms with Gasteiger partial charge in [-0.2, -0.15) is 5.10 Å². The summed E-state index contributed by atoms with van der Waals surface area (Å²) in [6, 6.07) is 11.4. The Balaban J connectivity index is 0.00000109. The van der Waals surface area contributed by atoms with Crippen LogP contribution in [0.25, 0.3) is 10.9 Å². The third-order valence-corrected chi connectivity index (χ3v) is 5.51. The molecule has 1 aliphatic rings. The van der Waals surface area contributed by atoms with Crippen LogP contribution in [0.2, 0.25) is 0 Å². The molecule has 5 nitrogen and oxygen atoms in total. The fourth-order valence-corrected chi connectivity index (χ4v) is 4.01. The fraction of sp³-hybridized carbons (Fsp3) is 0.409. The number of likely N-dealkylation sites (tertiary alicyclic amines) is 1. The van der Waals surface area contributed by atoms with Crippen molar-refractivity contribution >= 4 is 29.0 Å². The maximum absolute atomic E-state index is 13.5. The number of fused-ring (bicyclic) bond motifs is 1. The van der Waals surface area contributed by atoms with Crippen LogP contribution >= 0.6 is 12.2 Å². The van der Waals surface area contributed by atoms with Gasteiger partial charge in [0.25, 0.3) is 0 Å². The topological polar surface area (TPSA) is 53.9 Å². The largest absolute Gasteiger partial charge is 0.341 e. The first-order valence-electron chi connectivity index (χ1n) is 10.1. The minimum absolute atomic E-state index is 0.122. The summed E-state index contributed by atoms with van der Waals surface area (Å²) in [6.45, 7) is 5.65. The van der Waals surface area contributed by atoms with Gasteiger partial charge in [0.1, 0.15) is 10.7 Å². The Morgan fingerprint density at radius 3 is 2.43 bits per heavy atom. The highest BCUT2D eigenvalue weighted by atomic mass is 32.1. The quantitative estimate of drug-likeness (QED) is 0.626. The molecule has 148 valence electrons. The van der Waals surface area contributed by atoms with Crippen molar-refractivity contribution in [3.8, 4) is 0 Å². The summed E-state index contributed by atoms with van der Waals surface area (Å²) in [7, 11) is 0. The summed E-state index contributed by atoms with van der Waals surface area (Å²) in [6.07, 6.45) is 8.15. The van der Waals surface area contributed by atoms with Gasteiger partial charge in [-0.3, -0.25) is 9.89 Å². The summed E-state index contributed by atoms with van der Waals surface area (Å²) in [4.78, 5) is 15.5. The summed E-state index contributed by atoms with van der Waals surface area (Å²) < 4.78 is 2.55. The summed E-state index contributed by atoms with van der Waals surface area (Å²) in [5.41, 5.74) is 1.85. The minimum Gasteiger partial charge on any atom is -0.341 e. The van der Waals surface area contributed by atoms with E-state index in [1.54, 1.807) is 6.20 Å². The van der Waals surface area contributed by atoms with Gasteiger partial charge in [0.15, 0.2) is 0 Å². The van der Waals surface area contributed by atoms with Gasteiger partial charge in [-0.15, -0.1) is 0 Å². The number of nitrogens with one attached hydrogen (secondary N) is 1. The Bertz CT molecular complexity index is 955. The second kappa shape index (κ2) is 9.64. The number of H-pyrrole nitrogens is 1. The number of carbonyl (C=O) groups excluding carboxylic acids is 1. The lowest BCUT2D eigenvalue weighted by atomic mass is 10.0. The SMILES string of the molecule is CC.O=C(C(c1ccccc1)n1ccc2[nH]ncc2c1=S)N1CCCCCC1. The normalized spacial score (nSPS) is 15.4. The number of pyridine rings is 1. The molecule has 1 atom stereocenters. The van der Waals surface area contributed by atoms with Crippen molar-refractivity contribution in [3.63, 3.8) is 0 Å². The molecular formula is C22H28N4OS. The van der Waals surface area contributed by atoms with Gasteiger partial charge >= 0.3 is 0 Å². The maximum atomic E-state index is 13.5. The Morgan fingerprint density at radius 1 is 1.07 bits per heavy atom. The standard InChI is InChI=1S/C20H22N4OS.C2H6/c25-19(23-11-6-1-2-7-12-23)18(15-8-4-3-5-9-15)24-13-10-17-16(20(24)26)14-21-22-17;1-2/h3-5,8-10,13-14,18H,1-2,6-7,11-12H2,(H,21,22);1-2H3. The van der Waals surface area contributed by atoms with Gasteiger partial charge < -0.3 is 9.47 Å². The van der Waals surface area contributed by atoms with E-state index in [2.05, 4.69) is 10.2 Å². The van der Waals surface area contributed by atoms with Gasteiger partial charge in [0, 0.05) is 19.3 Å². The number of hydrogen-bond donors (Lipinski definition) is 1. The smallest absolute Gasteiger partial charge is 0.250 e. The molecule has 0 saturated carbocycles.